The highest BCUT2D eigenvalue weighted by Gasteiger charge is 2.68. The third-order valence-corrected chi connectivity index (χ3v) is 13.0. The summed E-state index contributed by atoms with van der Waals surface area (Å²) in [5.74, 6) is -0.347. The summed E-state index contributed by atoms with van der Waals surface area (Å²) in [5.41, 5.74) is 0.359. The van der Waals surface area contributed by atoms with Crippen LogP contribution in [0.15, 0.2) is 12.2 Å². The zero-order chi connectivity index (χ0) is 25.0. The Bertz CT molecular complexity index is 572. The van der Waals surface area contributed by atoms with E-state index in [-0.39, 0.29) is 5.92 Å². The fourth-order valence-corrected chi connectivity index (χ4v) is 11.1. The first-order valence-electron chi connectivity index (χ1n) is 12.8. The third-order valence-electron chi connectivity index (χ3n) is 6.26. The largest absolute Gasteiger partial charge is 0.547 e. The standard InChI is InChI=1S/C24H48O7Si2/c1-9-26-32(8,27-10-2)20-19-24(31-23(25)21(6)7,22-17-15-14-16-18-22)33(28-11-3,29-12-4)30-13-5/h22H,6,9-20H2,1-5,7-8H3. The van der Waals surface area contributed by atoms with Gasteiger partial charge < -0.3 is 26.9 Å². The van der Waals surface area contributed by atoms with Crippen LogP contribution >= 0.6 is 0 Å². The van der Waals surface area contributed by atoms with E-state index in [0.29, 0.717) is 51.1 Å². The van der Waals surface area contributed by atoms with Crippen molar-refractivity contribution in [1.29, 1.82) is 0 Å². The van der Waals surface area contributed by atoms with Crippen LogP contribution in [0.5, 0.6) is 0 Å². The molecule has 0 aromatic carbocycles. The lowest BCUT2D eigenvalue weighted by Gasteiger charge is -2.50. The van der Waals surface area contributed by atoms with E-state index >= 15 is 0 Å². The van der Waals surface area contributed by atoms with E-state index in [9.17, 15) is 4.79 Å². The fourth-order valence-electron chi connectivity index (χ4n) is 4.90. The van der Waals surface area contributed by atoms with Crippen LogP contribution in [-0.2, 0) is 31.7 Å². The van der Waals surface area contributed by atoms with E-state index in [0.717, 1.165) is 25.7 Å². The Morgan fingerprint density at radius 3 is 1.70 bits per heavy atom. The van der Waals surface area contributed by atoms with Gasteiger partial charge in [-0.3, -0.25) is 0 Å². The molecule has 33 heavy (non-hydrogen) atoms. The molecule has 0 aliphatic heterocycles. The van der Waals surface area contributed by atoms with Gasteiger partial charge in [0, 0.05) is 44.5 Å². The Morgan fingerprint density at radius 1 is 0.848 bits per heavy atom. The van der Waals surface area contributed by atoms with Crippen LogP contribution in [0.25, 0.3) is 0 Å². The van der Waals surface area contributed by atoms with Gasteiger partial charge in [0.25, 0.3) is 0 Å². The number of hydrogen-bond donors (Lipinski definition) is 0. The van der Waals surface area contributed by atoms with E-state index in [1.807, 2.05) is 34.6 Å². The lowest BCUT2D eigenvalue weighted by Crippen LogP contribution is -2.70. The molecule has 1 saturated carbocycles. The van der Waals surface area contributed by atoms with Crippen LogP contribution in [0.4, 0.5) is 0 Å². The molecule has 1 rings (SSSR count). The highest BCUT2D eigenvalue weighted by atomic mass is 28.4. The van der Waals surface area contributed by atoms with E-state index in [4.69, 9.17) is 26.9 Å². The fraction of sp³-hybridized carbons (Fsp3) is 0.875. The first kappa shape index (κ1) is 30.5. The molecule has 1 fully saturated rings. The minimum atomic E-state index is -3.49. The van der Waals surface area contributed by atoms with Gasteiger partial charge >= 0.3 is 23.3 Å². The maximum Gasteiger partial charge on any atom is 0.547 e. The molecule has 0 spiro atoms. The molecule has 1 unspecified atom stereocenters. The molecule has 0 heterocycles. The molecular weight excluding hydrogens is 456 g/mol. The zero-order valence-electron chi connectivity index (χ0n) is 22.1. The van der Waals surface area contributed by atoms with Crippen LogP contribution < -0.4 is 0 Å². The summed E-state index contributed by atoms with van der Waals surface area (Å²) >= 11 is 0. The van der Waals surface area contributed by atoms with Gasteiger partial charge in [0.05, 0.1) is 0 Å². The lowest BCUT2D eigenvalue weighted by atomic mass is 9.83. The van der Waals surface area contributed by atoms with Gasteiger partial charge in [-0.25, -0.2) is 4.79 Å². The van der Waals surface area contributed by atoms with Gasteiger partial charge in [-0.1, -0.05) is 25.8 Å². The first-order valence-corrected chi connectivity index (χ1v) is 17.0. The topological polar surface area (TPSA) is 72.5 Å². The number of carbonyl (C=O) groups excluding carboxylic acids is 1. The van der Waals surface area contributed by atoms with E-state index in [1.54, 1.807) is 6.92 Å². The molecule has 0 bridgehead atoms. The van der Waals surface area contributed by atoms with Crippen molar-refractivity contribution in [2.45, 2.75) is 97.9 Å². The van der Waals surface area contributed by atoms with Crippen molar-refractivity contribution in [1.82, 2.24) is 0 Å². The molecule has 0 aromatic rings. The number of esters is 1. The van der Waals surface area contributed by atoms with Crippen molar-refractivity contribution >= 4 is 23.3 Å². The smallest absolute Gasteiger partial charge is 0.451 e. The number of carbonyl (C=O) groups is 1. The zero-order valence-corrected chi connectivity index (χ0v) is 24.1. The highest BCUT2D eigenvalue weighted by Crippen LogP contribution is 2.47. The average Bonchev–Trinajstić information content (AvgIpc) is 2.78. The summed E-state index contributed by atoms with van der Waals surface area (Å²) in [7, 11) is -6.00. The number of rotatable bonds is 17. The second-order valence-electron chi connectivity index (χ2n) is 8.75. The summed E-state index contributed by atoms with van der Waals surface area (Å²) in [6, 6.07) is 0.649. The molecule has 1 atom stereocenters. The Labute approximate surface area is 204 Å². The quantitative estimate of drug-likeness (QED) is 0.146. The number of hydrogen-bond acceptors (Lipinski definition) is 7. The molecule has 0 N–H and O–H groups in total. The monoisotopic (exact) mass is 504 g/mol. The SMILES string of the molecule is C=C(C)C(=O)OC(CC[Si](C)(OCC)OCC)(C1CCCCC1)[Si](OCC)(OCC)OCC. The maximum atomic E-state index is 13.1. The van der Waals surface area contributed by atoms with Crippen molar-refractivity contribution in [2.75, 3.05) is 33.0 Å². The van der Waals surface area contributed by atoms with Gasteiger partial charge in [0.2, 0.25) is 0 Å². The van der Waals surface area contributed by atoms with Crippen LogP contribution in [-0.4, -0.2) is 61.6 Å². The minimum absolute atomic E-state index is 0.0763. The Kier molecular flexibility index (Phi) is 13.6. The third kappa shape index (κ3) is 7.98. The molecule has 0 saturated heterocycles. The molecular formula is C24H48O7Si2. The van der Waals surface area contributed by atoms with Crippen molar-refractivity contribution in [3.63, 3.8) is 0 Å². The van der Waals surface area contributed by atoms with Crippen molar-refractivity contribution in [2.24, 2.45) is 5.92 Å². The van der Waals surface area contributed by atoms with Crippen LogP contribution in [0.2, 0.25) is 12.6 Å². The Hall–Kier alpha value is -0.556. The molecule has 0 aromatic heterocycles. The molecule has 1 aliphatic rings. The second-order valence-corrected chi connectivity index (χ2v) is 14.9. The van der Waals surface area contributed by atoms with Gasteiger partial charge in [0.1, 0.15) is 0 Å². The van der Waals surface area contributed by atoms with Gasteiger partial charge in [-0.15, -0.1) is 0 Å². The van der Waals surface area contributed by atoms with Gasteiger partial charge in [-0.2, -0.15) is 0 Å². The molecule has 0 amide bonds. The van der Waals surface area contributed by atoms with Gasteiger partial charge in [0.15, 0.2) is 5.22 Å². The predicted octanol–water partition coefficient (Wildman–Crippen LogP) is 5.55. The summed E-state index contributed by atoms with van der Waals surface area (Å²) in [4.78, 5) is 13.1. The molecule has 7 nitrogen and oxygen atoms in total. The molecule has 194 valence electrons. The lowest BCUT2D eigenvalue weighted by molar-refractivity contribution is -0.163. The Balaban J connectivity index is 3.67. The summed E-state index contributed by atoms with van der Waals surface area (Å²) in [5, 5.41) is -1.02. The maximum absolute atomic E-state index is 13.1. The van der Waals surface area contributed by atoms with Crippen LogP contribution in [0.3, 0.4) is 0 Å². The van der Waals surface area contributed by atoms with E-state index in [2.05, 4.69) is 13.1 Å². The predicted molar refractivity (Wildman–Crippen MR) is 135 cm³/mol. The first-order chi connectivity index (χ1) is 15.7. The van der Waals surface area contributed by atoms with E-state index < -0.39 is 28.6 Å². The minimum Gasteiger partial charge on any atom is -0.451 e. The Morgan fingerprint density at radius 2 is 1.30 bits per heavy atom. The number of ether oxygens (including phenoxy) is 1. The van der Waals surface area contributed by atoms with Crippen molar-refractivity contribution < 1.29 is 31.7 Å². The van der Waals surface area contributed by atoms with E-state index in [1.165, 1.54) is 6.42 Å². The molecule has 0 radical (unpaired) electrons. The molecule has 1 aliphatic carbocycles. The second kappa shape index (κ2) is 14.8. The average molecular weight is 505 g/mol. The van der Waals surface area contributed by atoms with Crippen LogP contribution in [0.1, 0.15) is 80.1 Å². The summed E-state index contributed by atoms with van der Waals surface area (Å²) in [6.07, 6.45) is 5.73. The normalized spacial score (nSPS) is 17.5. The van der Waals surface area contributed by atoms with Gasteiger partial charge in [-0.05, 0) is 73.4 Å². The van der Waals surface area contributed by atoms with Crippen molar-refractivity contribution in [3.05, 3.63) is 12.2 Å². The van der Waals surface area contributed by atoms with Crippen LogP contribution in [0, 0.1) is 5.92 Å². The molecule has 9 heteroatoms. The summed E-state index contributed by atoms with van der Waals surface area (Å²) < 4.78 is 38.0. The van der Waals surface area contributed by atoms with Crippen molar-refractivity contribution in [3.8, 4) is 0 Å². The summed E-state index contributed by atoms with van der Waals surface area (Å²) in [6.45, 7) is 19.8. The highest BCUT2D eigenvalue weighted by molar-refractivity contribution is 6.67.